The van der Waals surface area contributed by atoms with Crippen molar-refractivity contribution in [3.05, 3.63) is 65.2 Å². The molecule has 0 radical (unpaired) electrons. The summed E-state index contributed by atoms with van der Waals surface area (Å²) in [4.78, 5) is 15.2. The molecule has 0 amide bonds. The van der Waals surface area contributed by atoms with Crippen molar-refractivity contribution in [1.29, 1.82) is 0 Å². The number of aryl methyl sites for hydroxylation is 3. The smallest absolute Gasteiger partial charge is 0.307 e. The number of anilines is 2. The number of rotatable bonds is 8. The second-order valence-corrected chi connectivity index (χ2v) is 8.89. The van der Waals surface area contributed by atoms with Crippen molar-refractivity contribution in [2.24, 2.45) is 0 Å². The first-order chi connectivity index (χ1) is 15.3. The lowest BCUT2D eigenvalue weighted by Crippen LogP contribution is -2.35. The number of fused-ring (bicyclic) bond motifs is 1. The molecule has 0 aromatic heterocycles. The molecule has 0 unspecified atom stereocenters. The van der Waals surface area contributed by atoms with Crippen molar-refractivity contribution < 1.29 is 9.53 Å². The number of terminal acetylenes is 1. The van der Waals surface area contributed by atoms with Gasteiger partial charge in [0.2, 0.25) is 0 Å². The lowest BCUT2D eigenvalue weighted by atomic mass is 10.0. The van der Waals surface area contributed by atoms with Gasteiger partial charge in [-0.05, 0) is 62.9 Å². The van der Waals surface area contributed by atoms with Crippen molar-refractivity contribution in [3.8, 4) is 12.3 Å². The Bertz CT molecular complexity index is 1140. The van der Waals surface area contributed by atoms with Gasteiger partial charge < -0.3 is 14.4 Å². The second kappa shape index (κ2) is 10.5. The van der Waals surface area contributed by atoms with E-state index in [2.05, 4.69) is 72.7 Å². The number of benzene rings is 3. The summed E-state index contributed by atoms with van der Waals surface area (Å²) in [5, 5.41) is 2.19. The summed E-state index contributed by atoms with van der Waals surface area (Å²) in [6, 6.07) is 16.7. The van der Waals surface area contributed by atoms with E-state index in [0.717, 1.165) is 22.1 Å². The van der Waals surface area contributed by atoms with Gasteiger partial charge in [-0.1, -0.05) is 47.9 Å². The highest BCUT2D eigenvalue weighted by atomic mass is 32.2. The van der Waals surface area contributed by atoms with Crippen molar-refractivity contribution in [2.45, 2.75) is 45.1 Å². The minimum atomic E-state index is -0.248. The maximum Gasteiger partial charge on any atom is 0.307 e. The summed E-state index contributed by atoms with van der Waals surface area (Å²) >= 11 is 1.64. The van der Waals surface area contributed by atoms with Gasteiger partial charge in [0.1, 0.15) is 0 Å². The molecule has 0 aliphatic heterocycles. The molecule has 1 N–H and O–H groups in total. The van der Waals surface area contributed by atoms with E-state index in [1.165, 1.54) is 28.7 Å². The summed E-state index contributed by atoms with van der Waals surface area (Å²) in [6.07, 6.45) is 5.94. The van der Waals surface area contributed by atoms with Crippen LogP contribution in [0.4, 0.5) is 11.4 Å². The molecule has 0 spiro atoms. The predicted molar refractivity (Wildman–Crippen MR) is 136 cm³/mol. The molecule has 0 aliphatic rings. The number of hydrogen-bond donors (Lipinski definition) is 1. The van der Waals surface area contributed by atoms with Crippen LogP contribution in [-0.2, 0) is 9.53 Å². The molecule has 3 aromatic rings. The molecule has 0 aliphatic carbocycles. The zero-order valence-electron chi connectivity index (χ0n) is 19.4. The van der Waals surface area contributed by atoms with Crippen molar-refractivity contribution in [3.63, 3.8) is 0 Å². The van der Waals surface area contributed by atoms with Crippen molar-refractivity contribution >= 4 is 40.1 Å². The van der Waals surface area contributed by atoms with Crippen molar-refractivity contribution in [2.75, 3.05) is 23.3 Å². The van der Waals surface area contributed by atoms with Crippen LogP contribution in [0.3, 0.4) is 0 Å². The third-order valence-corrected chi connectivity index (χ3v) is 6.73. The summed E-state index contributed by atoms with van der Waals surface area (Å²) in [6.45, 7) is 8.81. The average Bonchev–Trinajstić information content (AvgIpc) is 2.76. The molecular weight excluding hydrogens is 416 g/mol. The van der Waals surface area contributed by atoms with E-state index in [9.17, 15) is 4.79 Å². The summed E-state index contributed by atoms with van der Waals surface area (Å²) in [5.74, 6) is 2.49. The fourth-order valence-corrected chi connectivity index (χ4v) is 4.90. The fraction of sp³-hybridized carbons (Fsp3) is 0.296. The maximum absolute atomic E-state index is 11.9. The highest BCUT2D eigenvalue weighted by molar-refractivity contribution is 8.00. The van der Waals surface area contributed by atoms with E-state index in [-0.39, 0.29) is 18.4 Å². The minimum absolute atomic E-state index is 0.0899. The lowest BCUT2D eigenvalue weighted by molar-refractivity contribution is -0.140. The van der Waals surface area contributed by atoms with Crippen LogP contribution in [0, 0.1) is 33.1 Å². The monoisotopic (exact) mass is 446 g/mol. The van der Waals surface area contributed by atoms with Crippen LogP contribution in [0.1, 0.15) is 30.0 Å². The Hall–Kier alpha value is -3.10. The number of ether oxygens (including phenoxy) is 1. The standard InChI is InChI=1S/C27H30N2O2S/c1-7-14-29(21(5)17-26(30)31-6)25-13-12-24(22-10-8-9-11-23(22)25)28-32-27-19(3)15-18(2)16-20(27)4/h1,8-13,15-16,21,28H,14,17H2,2-6H3/t21-/m0/s1. The zero-order chi connectivity index (χ0) is 23.3. The average molecular weight is 447 g/mol. The van der Waals surface area contributed by atoms with Crippen LogP contribution in [0.5, 0.6) is 0 Å². The van der Waals surface area contributed by atoms with E-state index in [0.29, 0.717) is 6.54 Å². The summed E-state index contributed by atoms with van der Waals surface area (Å²) < 4.78 is 8.42. The summed E-state index contributed by atoms with van der Waals surface area (Å²) in [7, 11) is 1.41. The van der Waals surface area contributed by atoms with Gasteiger partial charge in [-0.25, -0.2) is 0 Å². The molecule has 0 saturated heterocycles. The van der Waals surface area contributed by atoms with Crippen molar-refractivity contribution in [1.82, 2.24) is 0 Å². The Balaban J connectivity index is 1.96. The van der Waals surface area contributed by atoms with Gasteiger partial charge in [0.05, 0.1) is 25.8 Å². The molecule has 3 aromatic carbocycles. The third kappa shape index (κ3) is 5.20. The minimum Gasteiger partial charge on any atom is -0.469 e. The second-order valence-electron chi connectivity index (χ2n) is 8.07. The third-order valence-electron chi connectivity index (χ3n) is 5.56. The highest BCUT2D eigenvalue weighted by Gasteiger charge is 2.20. The van der Waals surface area contributed by atoms with Gasteiger partial charge in [0.15, 0.2) is 0 Å². The predicted octanol–water partition coefficient (Wildman–Crippen LogP) is 6.28. The molecule has 3 rings (SSSR count). The Kier molecular flexibility index (Phi) is 7.71. The van der Waals surface area contributed by atoms with Crippen LogP contribution in [0.2, 0.25) is 0 Å². The number of esters is 1. The zero-order valence-corrected chi connectivity index (χ0v) is 20.2. The Morgan fingerprint density at radius 3 is 2.41 bits per heavy atom. The first-order valence-electron chi connectivity index (χ1n) is 10.6. The molecule has 166 valence electrons. The number of methoxy groups -OCH3 is 1. The Labute approximate surface area is 195 Å². The van der Waals surface area contributed by atoms with E-state index < -0.39 is 0 Å². The lowest BCUT2D eigenvalue weighted by Gasteiger charge is -2.30. The van der Waals surface area contributed by atoms with Gasteiger partial charge in [-0.15, -0.1) is 6.42 Å². The number of nitrogens with one attached hydrogen (secondary N) is 1. The van der Waals surface area contributed by atoms with E-state index >= 15 is 0 Å². The largest absolute Gasteiger partial charge is 0.469 e. The normalized spacial score (nSPS) is 11.6. The van der Waals surface area contributed by atoms with Crippen LogP contribution >= 0.6 is 11.9 Å². The molecule has 0 bridgehead atoms. The molecule has 5 heteroatoms. The van der Waals surface area contributed by atoms with Crippen LogP contribution in [0.25, 0.3) is 10.8 Å². The highest BCUT2D eigenvalue weighted by Crippen LogP contribution is 2.36. The molecule has 0 heterocycles. The molecule has 0 saturated carbocycles. The molecule has 1 atom stereocenters. The number of hydrogen-bond acceptors (Lipinski definition) is 5. The summed E-state index contributed by atoms with van der Waals surface area (Å²) in [5.41, 5.74) is 5.84. The Morgan fingerprint density at radius 2 is 1.78 bits per heavy atom. The van der Waals surface area contributed by atoms with Crippen LogP contribution in [-0.4, -0.2) is 25.7 Å². The molecule has 32 heavy (non-hydrogen) atoms. The molecule has 0 fully saturated rings. The van der Waals surface area contributed by atoms with Gasteiger partial charge in [0.25, 0.3) is 0 Å². The topological polar surface area (TPSA) is 41.6 Å². The molecule has 4 nitrogen and oxygen atoms in total. The van der Waals surface area contributed by atoms with Gasteiger partial charge in [-0.2, -0.15) is 0 Å². The first kappa shape index (κ1) is 23.6. The van der Waals surface area contributed by atoms with Gasteiger partial charge in [0, 0.05) is 27.4 Å². The van der Waals surface area contributed by atoms with Crippen LogP contribution < -0.4 is 9.62 Å². The van der Waals surface area contributed by atoms with Gasteiger partial charge >= 0.3 is 5.97 Å². The maximum atomic E-state index is 11.9. The quantitative estimate of drug-likeness (QED) is 0.251. The number of carbonyl (C=O) groups is 1. The number of nitrogens with zero attached hydrogens (tertiary/aromatic N) is 1. The van der Waals surface area contributed by atoms with E-state index in [4.69, 9.17) is 11.2 Å². The van der Waals surface area contributed by atoms with E-state index in [1.54, 1.807) is 11.9 Å². The van der Waals surface area contributed by atoms with E-state index in [1.807, 2.05) is 19.1 Å². The molecular formula is C27H30N2O2S. The van der Waals surface area contributed by atoms with Crippen LogP contribution in [0.15, 0.2) is 53.4 Å². The Morgan fingerprint density at radius 1 is 1.12 bits per heavy atom. The van der Waals surface area contributed by atoms with Gasteiger partial charge in [-0.3, -0.25) is 4.79 Å². The first-order valence-corrected chi connectivity index (χ1v) is 11.5. The SMILES string of the molecule is C#CCN(c1ccc(NSc2c(C)cc(C)cc2C)c2ccccc12)[C@@H](C)CC(=O)OC. The number of carbonyl (C=O) groups excluding carboxylic acids is 1. The fourth-order valence-electron chi connectivity index (χ4n) is 4.07.